The zero-order valence-corrected chi connectivity index (χ0v) is 15.3. The molecule has 5 nitrogen and oxygen atoms in total. The second-order valence-corrected chi connectivity index (χ2v) is 7.17. The Kier molecular flexibility index (Phi) is 5.12. The molecule has 1 unspecified atom stereocenters. The molecule has 27 heavy (non-hydrogen) atoms. The van der Waals surface area contributed by atoms with Gasteiger partial charge in [0.15, 0.2) is 0 Å². The minimum absolute atomic E-state index is 0.0462. The fourth-order valence-electron chi connectivity index (χ4n) is 3.91. The van der Waals surface area contributed by atoms with Crippen LogP contribution in [-0.2, 0) is 11.2 Å². The quantitative estimate of drug-likeness (QED) is 0.776. The molecule has 1 aliphatic rings. The monoisotopic (exact) mass is 360 g/mol. The summed E-state index contributed by atoms with van der Waals surface area (Å²) in [5.41, 5.74) is 9.36. The number of nitrogens with zero attached hydrogens (tertiary/aromatic N) is 3. The number of carbonyl (C=O) groups excluding carboxylic acids is 1. The highest BCUT2D eigenvalue weighted by Crippen LogP contribution is 2.31. The number of benzene rings is 2. The normalized spacial score (nSPS) is 16.4. The SMILES string of the molecule is NC(Cc1ccccc1)C(=O)N1CCC(c2ncnc3ccccc23)CC1. The van der Waals surface area contributed by atoms with Crippen molar-refractivity contribution >= 4 is 16.8 Å². The van der Waals surface area contributed by atoms with Crippen molar-refractivity contribution in [3.63, 3.8) is 0 Å². The largest absolute Gasteiger partial charge is 0.341 e. The first-order valence-electron chi connectivity index (χ1n) is 9.50. The standard InChI is InChI=1S/C22H24N4O/c23-19(14-16-6-2-1-3-7-16)22(27)26-12-10-17(11-13-26)21-18-8-4-5-9-20(18)24-15-25-21/h1-9,15,17,19H,10-14,23H2. The highest BCUT2D eigenvalue weighted by Gasteiger charge is 2.28. The molecule has 0 bridgehead atoms. The third-order valence-electron chi connectivity index (χ3n) is 5.38. The van der Waals surface area contributed by atoms with Crippen LogP contribution in [-0.4, -0.2) is 39.9 Å². The molecule has 1 amide bonds. The summed E-state index contributed by atoms with van der Waals surface area (Å²) in [5.74, 6) is 0.400. The third kappa shape index (κ3) is 3.83. The van der Waals surface area contributed by atoms with Crippen LogP contribution in [0.1, 0.15) is 30.0 Å². The number of hydrogen-bond acceptors (Lipinski definition) is 4. The first kappa shape index (κ1) is 17.6. The molecule has 2 heterocycles. The van der Waals surface area contributed by atoms with Gasteiger partial charge in [0.25, 0.3) is 0 Å². The van der Waals surface area contributed by atoms with Crippen LogP contribution in [0, 0.1) is 0 Å². The molecule has 138 valence electrons. The Labute approximate surface area is 159 Å². The molecule has 2 N–H and O–H groups in total. The Hall–Kier alpha value is -2.79. The number of rotatable bonds is 4. The topological polar surface area (TPSA) is 72.1 Å². The zero-order chi connectivity index (χ0) is 18.6. The summed E-state index contributed by atoms with van der Waals surface area (Å²) in [4.78, 5) is 23.5. The van der Waals surface area contributed by atoms with Gasteiger partial charge in [-0.05, 0) is 30.9 Å². The van der Waals surface area contributed by atoms with Crippen LogP contribution < -0.4 is 5.73 Å². The lowest BCUT2D eigenvalue weighted by Gasteiger charge is -2.33. The number of para-hydroxylation sites is 1. The molecule has 5 heteroatoms. The molecule has 1 atom stereocenters. The average molecular weight is 360 g/mol. The van der Waals surface area contributed by atoms with Crippen molar-refractivity contribution < 1.29 is 4.79 Å². The van der Waals surface area contributed by atoms with Crippen molar-refractivity contribution in [1.29, 1.82) is 0 Å². The summed E-state index contributed by atoms with van der Waals surface area (Å²) in [6.45, 7) is 1.45. The molecular weight excluding hydrogens is 336 g/mol. The van der Waals surface area contributed by atoms with Crippen molar-refractivity contribution in [2.45, 2.75) is 31.2 Å². The van der Waals surface area contributed by atoms with Crippen molar-refractivity contribution in [3.05, 3.63) is 72.2 Å². The lowest BCUT2D eigenvalue weighted by atomic mass is 9.90. The number of nitrogens with two attached hydrogens (primary N) is 1. The molecule has 0 spiro atoms. The van der Waals surface area contributed by atoms with Crippen LogP contribution in [0.15, 0.2) is 60.9 Å². The smallest absolute Gasteiger partial charge is 0.239 e. The fourth-order valence-corrected chi connectivity index (χ4v) is 3.91. The summed E-state index contributed by atoms with van der Waals surface area (Å²) in [5, 5.41) is 1.12. The van der Waals surface area contributed by atoms with E-state index in [1.165, 1.54) is 0 Å². The van der Waals surface area contributed by atoms with Gasteiger partial charge in [0.05, 0.1) is 17.3 Å². The summed E-state index contributed by atoms with van der Waals surface area (Å²) in [7, 11) is 0. The van der Waals surface area contributed by atoms with E-state index in [9.17, 15) is 4.79 Å². The molecule has 1 aliphatic heterocycles. The number of piperidine rings is 1. The molecule has 2 aromatic carbocycles. The van der Waals surface area contributed by atoms with Crippen LogP contribution in [0.5, 0.6) is 0 Å². The van der Waals surface area contributed by atoms with Gasteiger partial charge in [0.2, 0.25) is 5.91 Å². The number of likely N-dealkylation sites (tertiary alicyclic amines) is 1. The van der Waals surface area contributed by atoms with E-state index in [2.05, 4.69) is 16.0 Å². The maximum atomic E-state index is 12.7. The first-order chi connectivity index (χ1) is 13.2. The first-order valence-corrected chi connectivity index (χ1v) is 9.50. The molecule has 0 aliphatic carbocycles. The Morgan fingerprint density at radius 1 is 1.04 bits per heavy atom. The van der Waals surface area contributed by atoms with Gasteiger partial charge in [0, 0.05) is 24.4 Å². The molecule has 1 saturated heterocycles. The predicted molar refractivity (Wildman–Crippen MR) is 106 cm³/mol. The van der Waals surface area contributed by atoms with Crippen LogP contribution >= 0.6 is 0 Å². The molecular formula is C22H24N4O. The molecule has 0 saturated carbocycles. The van der Waals surface area contributed by atoms with Gasteiger partial charge < -0.3 is 10.6 Å². The lowest BCUT2D eigenvalue weighted by Crippen LogP contribution is -2.47. The Balaban J connectivity index is 1.40. The molecule has 3 aromatic rings. The van der Waals surface area contributed by atoms with E-state index in [1.807, 2.05) is 53.4 Å². The minimum Gasteiger partial charge on any atom is -0.341 e. The van der Waals surface area contributed by atoms with E-state index >= 15 is 0 Å². The summed E-state index contributed by atoms with van der Waals surface area (Å²) >= 11 is 0. The maximum absolute atomic E-state index is 12.7. The zero-order valence-electron chi connectivity index (χ0n) is 15.3. The van der Waals surface area contributed by atoms with Gasteiger partial charge in [0.1, 0.15) is 6.33 Å². The van der Waals surface area contributed by atoms with E-state index in [0.717, 1.165) is 48.1 Å². The fraction of sp³-hybridized carbons (Fsp3) is 0.318. The van der Waals surface area contributed by atoms with Gasteiger partial charge in [-0.1, -0.05) is 48.5 Å². The van der Waals surface area contributed by atoms with E-state index in [0.29, 0.717) is 12.3 Å². The van der Waals surface area contributed by atoms with Gasteiger partial charge >= 0.3 is 0 Å². The lowest BCUT2D eigenvalue weighted by molar-refractivity contribution is -0.133. The van der Waals surface area contributed by atoms with Crippen LogP contribution in [0.3, 0.4) is 0 Å². The number of hydrogen-bond donors (Lipinski definition) is 1. The van der Waals surface area contributed by atoms with E-state index in [-0.39, 0.29) is 5.91 Å². The van der Waals surface area contributed by atoms with Crippen LogP contribution in [0.4, 0.5) is 0 Å². The number of aromatic nitrogens is 2. The van der Waals surface area contributed by atoms with E-state index in [1.54, 1.807) is 6.33 Å². The van der Waals surface area contributed by atoms with Crippen molar-refractivity contribution in [1.82, 2.24) is 14.9 Å². The van der Waals surface area contributed by atoms with Crippen molar-refractivity contribution in [2.75, 3.05) is 13.1 Å². The summed E-state index contributed by atoms with van der Waals surface area (Å²) in [6, 6.07) is 17.6. The molecule has 1 fully saturated rings. The second-order valence-electron chi connectivity index (χ2n) is 7.17. The van der Waals surface area contributed by atoms with E-state index < -0.39 is 6.04 Å². The predicted octanol–water partition coefficient (Wildman–Crippen LogP) is 2.91. The van der Waals surface area contributed by atoms with Crippen LogP contribution in [0.2, 0.25) is 0 Å². The minimum atomic E-state index is -0.483. The number of amides is 1. The second kappa shape index (κ2) is 7.84. The summed E-state index contributed by atoms with van der Waals surface area (Å²) in [6.07, 6.45) is 4.04. The van der Waals surface area contributed by atoms with Crippen molar-refractivity contribution in [2.24, 2.45) is 5.73 Å². The van der Waals surface area contributed by atoms with Crippen molar-refractivity contribution in [3.8, 4) is 0 Å². The molecule has 4 rings (SSSR count). The Morgan fingerprint density at radius 3 is 2.52 bits per heavy atom. The third-order valence-corrected chi connectivity index (χ3v) is 5.38. The van der Waals surface area contributed by atoms with Gasteiger partial charge in [-0.3, -0.25) is 4.79 Å². The Morgan fingerprint density at radius 2 is 1.74 bits per heavy atom. The maximum Gasteiger partial charge on any atom is 0.239 e. The van der Waals surface area contributed by atoms with Gasteiger partial charge in [-0.15, -0.1) is 0 Å². The van der Waals surface area contributed by atoms with E-state index in [4.69, 9.17) is 5.73 Å². The molecule has 0 radical (unpaired) electrons. The van der Waals surface area contributed by atoms with Gasteiger partial charge in [-0.25, -0.2) is 9.97 Å². The van der Waals surface area contributed by atoms with Crippen LogP contribution in [0.25, 0.3) is 10.9 Å². The summed E-state index contributed by atoms with van der Waals surface area (Å²) < 4.78 is 0. The van der Waals surface area contributed by atoms with Gasteiger partial charge in [-0.2, -0.15) is 0 Å². The number of fused-ring (bicyclic) bond motifs is 1. The highest BCUT2D eigenvalue weighted by molar-refractivity contribution is 5.82. The highest BCUT2D eigenvalue weighted by atomic mass is 16.2. The molecule has 1 aromatic heterocycles. The Bertz CT molecular complexity index is 915. The average Bonchev–Trinajstić information content (AvgIpc) is 2.73. The number of carbonyl (C=O) groups is 1.